The number of hydrogen-bond acceptors (Lipinski definition) is 1. The van der Waals surface area contributed by atoms with Crippen molar-refractivity contribution in [2.45, 2.75) is 50.9 Å². The van der Waals surface area contributed by atoms with E-state index in [1.807, 2.05) is 4.90 Å². The molecule has 2 nitrogen and oxygen atoms in total. The maximum atomic E-state index is 12.5. The standard InChI is InChI=1S/C16H18F3NO/c17-16(18,19)13-6-4-11(5-7-13)10-20(14-8-9-14)15(21)12-2-1-3-12/h4-7,12,14H,1-3,8-10H2. The van der Waals surface area contributed by atoms with Crippen molar-refractivity contribution in [2.24, 2.45) is 5.92 Å². The lowest BCUT2D eigenvalue weighted by molar-refractivity contribution is -0.140. The first kappa shape index (κ1) is 14.4. The minimum absolute atomic E-state index is 0.139. The number of amides is 1. The van der Waals surface area contributed by atoms with Gasteiger partial charge in [0.2, 0.25) is 5.91 Å². The monoisotopic (exact) mass is 297 g/mol. The number of rotatable bonds is 4. The van der Waals surface area contributed by atoms with Gasteiger partial charge in [0.1, 0.15) is 0 Å². The van der Waals surface area contributed by atoms with Gasteiger partial charge in [-0.1, -0.05) is 18.6 Å². The lowest BCUT2D eigenvalue weighted by atomic mass is 9.84. The molecule has 0 N–H and O–H groups in total. The lowest BCUT2D eigenvalue weighted by Gasteiger charge is -2.32. The van der Waals surface area contributed by atoms with Crippen LogP contribution in [0.1, 0.15) is 43.2 Å². The molecule has 1 amide bonds. The summed E-state index contributed by atoms with van der Waals surface area (Å²) in [5.41, 5.74) is 0.122. The third-order valence-electron chi connectivity index (χ3n) is 4.36. The van der Waals surface area contributed by atoms with Crippen molar-refractivity contribution in [1.82, 2.24) is 4.90 Å². The normalized spacial score (nSPS) is 19.2. The van der Waals surface area contributed by atoms with E-state index in [0.717, 1.165) is 49.8 Å². The molecule has 2 fully saturated rings. The summed E-state index contributed by atoms with van der Waals surface area (Å²) in [6.07, 6.45) is 0.730. The second-order valence-electron chi connectivity index (χ2n) is 6.02. The summed E-state index contributed by atoms with van der Waals surface area (Å²) in [5, 5.41) is 0. The first-order valence-electron chi connectivity index (χ1n) is 7.42. The minimum atomic E-state index is -4.31. The molecule has 0 heterocycles. The molecule has 0 aliphatic heterocycles. The van der Waals surface area contributed by atoms with Crippen molar-refractivity contribution in [3.63, 3.8) is 0 Å². The fourth-order valence-corrected chi connectivity index (χ4v) is 2.66. The molecule has 0 saturated heterocycles. The second-order valence-corrected chi connectivity index (χ2v) is 6.02. The molecule has 0 bridgehead atoms. The molecule has 1 aromatic carbocycles. The van der Waals surface area contributed by atoms with Gasteiger partial charge in [-0.05, 0) is 43.4 Å². The van der Waals surface area contributed by atoms with Gasteiger partial charge in [-0.3, -0.25) is 4.79 Å². The Kier molecular flexibility index (Phi) is 3.68. The molecule has 2 aliphatic rings. The molecule has 5 heteroatoms. The third kappa shape index (κ3) is 3.22. The Morgan fingerprint density at radius 2 is 1.71 bits per heavy atom. The highest BCUT2D eigenvalue weighted by Crippen LogP contribution is 2.35. The number of halogens is 3. The minimum Gasteiger partial charge on any atom is -0.335 e. The molecule has 3 rings (SSSR count). The summed E-state index contributed by atoms with van der Waals surface area (Å²) < 4.78 is 37.6. The number of nitrogens with zero attached hydrogens (tertiary/aromatic N) is 1. The Morgan fingerprint density at radius 3 is 2.14 bits per heavy atom. The maximum absolute atomic E-state index is 12.5. The molecule has 2 saturated carbocycles. The van der Waals surface area contributed by atoms with Crippen molar-refractivity contribution in [2.75, 3.05) is 0 Å². The van der Waals surface area contributed by atoms with Gasteiger partial charge in [0.25, 0.3) is 0 Å². The Balaban J connectivity index is 1.69. The number of carbonyl (C=O) groups is 1. The Hall–Kier alpha value is -1.52. The third-order valence-corrected chi connectivity index (χ3v) is 4.36. The highest BCUT2D eigenvalue weighted by Gasteiger charge is 2.37. The van der Waals surface area contributed by atoms with Crippen LogP contribution in [0.4, 0.5) is 13.2 Å². The molecular weight excluding hydrogens is 279 g/mol. The Bertz CT molecular complexity index is 515. The van der Waals surface area contributed by atoms with E-state index in [9.17, 15) is 18.0 Å². The molecule has 1 aromatic rings. The van der Waals surface area contributed by atoms with E-state index in [1.54, 1.807) is 0 Å². The van der Waals surface area contributed by atoms with Gasteiger partial charge in [-0.15, -0.1) is 0 Å². The SMILES string of the molecule is O=C(C1CCC1)N(Cc1ccc(C(F)(F)F)cc1)C1CC1. The van der Waals surface area contributed by atoms with Crippen molar-refractivity contribution in [1.29, 1.82) is 0 Å². The van der Waals surface area contributed by atoms with E-state index < -0.39 is 11.7 Å². The lowest BCUT2D eigenvalue weighted by Crippen LogP contribution is -2.39. The molecule has 2 aliphatic carbocycles. The first-order valence-corrected chi connectivity index (χ1v) is 7.42. The number of benzene rings is 1. The van der Waals surface area contributed by atoms with E-state index in [1.165, 1.54) is 12.1 Å². The summed E-state index contributed by atoms with van der Waals surface area (Å²) in [7, 11) is 0. The van der Waals surface area contributed by atoms with E-state index in [4.69, 9.17) is 0 Å². The molecule has 0 atom stereocenters. The number of alkyl halides is 3. The van der Waals surface area contributed by atoms with Crippen LogP contribution in [-0.4, -0.2) is 16.8 Å². The predicted molar refractivity (Wildman–Crippen MR) is 72.4 cm³/mol. The zero-order valence-electron chi connectivity index (χ0n) is 11.7. The molecule has 114 valence electrons. The van der Waals surface area contributed by atoms with E-state index in [0.29, 0.717) is 12.6 Å². The number of hydrogen-bond donors (Lipinski definition) is 0. The van der Waals surface area contributed by atoms with Crippen molar-refractivity contribution < 1.29 is 18.0 Å². The summed E-state index contributed by atoms with van der Waals surface area (Å²) in [5.74, 6) is 0.323. The van der Waals surface area contributed by atoms with Crippen LogP contribution in [0, 0.1) is 5.92 Å². The fraction of sp³-hybridized carbons (Fsp3) is 0.562. The van der Waals surface area contributed by atoms with Crippen LogP contribution in [0.2, 0.25) is 0 Å². The summed E-state index contributed by atoms with van der Waals surface area (Å²) in [6.45, 7) is 0.429. The Morgan fingerprint density at radius 1 is 1.10 bits per heavy atom. The highest BCUT2D eigenvalue weighted by molar-refractivity contribution is 5.80. The topological polar surface area (TPSA) is 20.3 Å². The molecule has 0 spiro atoms. The van der Waals surface area contributed by atoms with Crippen LogP contribution in [0.25, 0.3) is 0 Å². The molecular formula is C16H18F3NO. The fourth-order valence-electron chi connectivity index (χ4n) is 2.66. The first-order chi connectivity index (χ1) is 9.95. The zero-order chi connectivity index (χ0) is 15.0. The average Bonchev–Trinajstić information content (AvgIpc) is 3.17. The van der Waals surface area contributed by atoms with Crippen LogP contribution in [0.5, 0.6) is 0 Å². The van der Waals surface area contributed by atoms with Crippen molar-refractivity contribution >= 4 is 5.91 Å². The zero-order valence-corrected chi connectivity index (χ0v) is 11.7. The van der Waals surface area contributed by atoms with Gasteiger partial charge in [0, 0.05) is 18.5 Å². The van der Waals surface area contributed by atoms with E-state index in [2.05, 4.69) is 0 Å². The van der Waals surface area contributed by atoms with Crippen LogP contribution in [-0.2, 0) is 17.5 Å². The Labute approximate surface area is 121 Å². The summed E-state index contributed by atoms with van der Waals surface area (Å²) >= 11 is 0. The van der Waals surface area contributed by atoms with Gasteiger partial charge in [-0.25, -0.2) is 0 Å². The van der Waals surface area contributed by atoms with Crippen molar-refractivity contribution in [3.05, 3.63) is 35.4 Å². The second kappa shape index (κ2) is 5.35. The molecule has 21 heavy (non-hydrogen) atoms. The van der Waals surface area contributed by atoms with E-state index >= 15 is 0 Å². The highest BCUT2D eigenvalue weighted by atomic mass is 19.4. The van der Waals surface area contributed by atoms with Crippen molar-refractivity contribution in [3.8, 4) is 0 Å². The van der Waals surface area contributed by atoms with Crippen LogP contribution >= 0.6 is 0 Å². The molecule has 0 radical (unpaired) electrons. The van der Waals surface area contributed by atoms with Crippen LogP contribution in [0.3, 0.4) is 0 Å². The largest absolute Gasteiger partial charge is 0.416 e. The summed E-state index contributed by atoms with van der Waals surface area (Å²) in [6, 6.07) is 5.43. The van der Waals surface area contributed by atoms with Crippen LogP contribution < -0.4 is 0 Å². The average molecular weight is 297 g/mol. The smallest absolute Gasteiger partial charge is 0.335 e. The van der Waals surface area contributed by atoms with Gasteiger partial charge in [0.15, 0.2) is 0 Å². The number of carbonyl (C=O) groups excluding carboxylic acids is 1. The van der Waals surface area contributed by atoms with Gasteiger partial charge in [-0.2, -0.15) is 13.2 Å². The predicted octanol–water partition coefficient (Wildman–Crippen LogP) is 4.00. The maximum Gasteiger partial charge on any atom is 0.416 e. The van der Waals surface area contributed by atoms with E-state index in [-0.39, 0.29) is 11.8 Å². The molecule has 0 aromatic heterocycles. The quantitative estimate of drug-likeness (QED) is 0.822. The molecule has 0 unspecified atom stereocenters. The van der Waals surface area contributed by atoms with Crippen LogP contribution in [0.15, 0.2) is 24.3 Å². The summed E-state index contributed by atoms with van der Waals surface area (Å²) in [4.78, 5) is 14.3. The van der Waals surface area contributed by atoms with Gasteiger partial charge < -0.3 is 4.90 Å². The van der Waals surface area contributed by atoms with Gasteiger partial charge in [0.05, 0.1) is 5.56 Å². The van der Waals surface area contributed by atoms with Gasteiger partial charge >= 0.3 is 6.18 Å².